The van der Waals surface area contributed by atoms with Crippen LogP contribution < -0.4 is 9.47 Å². The predicted molar refractivity (Wildman–Crippen MR) is 107 cm³/mol. The Bertz CT molecular complexity index is 832. The maximum atomic E-state index is 12.4. The molecular weight excluding hydrogens is 358 g/mol. The number of amides is 1. The van der Waals surface area contributed by atoms with Crippen LogP contribution >= 0.6 is 0 Å². The van der Waals surface area contributed by atoms with E-state index in [4.69, 9.17) is 14.2 Å². The van der Waals surface area contributed by atoms with Crippen LogP contribution in [0.3, 0.4) is 0 Å². The molecule has 0 N–H and O–H groups in total. The molecule has 0 radical (unpaired) electrons. The summed E-state index contributed by atoms with van der Waals surface area (Å²) in [5.74, 6) is 0.340. The van der Waals surface area contributed by atoms with E-state index in [9.17, 15) is 9.59 Å². The second-order valence-corrected chi connectivity index (χ2v) is 6.20. The van der Waals surface area contributed by atoms with Crippen molar-refractivity contribution in [2.24, 2.45) is 0 Å². The summed E-state index contributed by atoms with van der Waals surface area (Å²) in [7, 11) is 4.78. The van der Waals surface area contributed by atoms with Crippen molar-refractivity contribution in [3.05, 3.63) is 65.7 Å². The Kier molecular flexibility index (Phi) is 7.63. The van der Waals surface area contributed by atoms with E-state index in [-0.39, 0.29) is 5.91 Å². The molecule has 2 aromatic carbocycles. The number of carbonyl (C=O) groups excluding carboxylic acids is 2. The van der Waals surface area contributed by atoms with Crippen LogP contribution in [0.1, 0.15) is 18.1 Å². The zero-order valence-corrected chi connectivity index (χ0v) is 16.5. The van der Waals surface area contributed by atoms with E-state index >= 15 is 0 Å². The minimum Gasteiger partial charge on any atom is -0.497 e. The lowest BCUT2D eigenvalue weighted by Gasteiger charge is -2.21. The van der Waals surface area contributed by atoms with Gasteiger partial charge < -0.3 is 19.1 Å². The third-order valence-corrected chi connectivity index (χ3v) is 4.12. The van der Waals surface area contributed by atoms with Crippen LogP contribution in [-0.4, -0.2) is 44.1 Å². The fourth-order valence-electron chi connectivity index (χ4n) is 2.62. The monoisotopic (exact) mass is 383 g/mol. The number of ether oxygens (including phenoxy) is 3. The van der Waals surface area contributed by atoms with Crippen molar-refractivity contribution in [2.45, 2.75) is 19.6 Å². The summed E-state index contributed by atoms with van der Waals surface area (Å²) >= 11 is 0. The first kappa shape index (κ1) is 21.0. The zero-order valence-electron chi connectivity index (χ0n) is 16.5. The molecule has 0 saturated carbocycles. The summed E-state index contributed by atoms with van der Waals surface area (Å²) in [5.41, 5.74) is 1.70. The maximum absolute atomic E-state index is 12.4. The van der Waals surface area contributed by atoms with Gasteiger partial charge in [0.05, 0.1) is 14.2 Å². The zero-order chi connectivity index (χ0) is 20.5. The number of rotatable bonds is 8. The molecule has 6 nitrogen and oxygen atoms in total. The quantitative estimate of drug-likeness (QED) is 0.517. The second-order valence-electron chi connectivity index (χ2n) is 6.20. The average Bonchev–Trinajstić information content (AvgIpc) is 2.72. The molecule has 28 heavy (non-hydrogen) atoms. The number of hydrogen-bond acceptors (Lipinski definition) is 5. The largest absolute Gasteiger partial charge is 0.497 e. The molecule has 0 unspecified atom stereocenters. The van der Waals surface area contributed by atoms with Crippen LogP contribution in [0.2, 0.25) is 0 Å². The summed E-state index contributed by atoms with van der Waals surface area (Å²) in [6, 6.07) is 14.9. The van der Waals surface area contributed by atoms with Crippen LogP contribution in [0.25, 0.3) is 6.08 Å². The number of methoxy groups -OCH3 is 2. The third-order valence-electron chi connectivity index (χ3n) is 4.12. The molecule has 2 aromatic rings. The predicted octanol–water partition coefficient (Wildman–Crippen LogP) is 3.31. The number of benzene rings is 2. The fourth-order valence-corrected chi connectivity index (χ4v) is 2.62. The van der Waals surface area contributed by atoms with Crippen LogP contribution in [0, 0.1) is 0 Å². The minimum atomic E-state index is -0.886. The topological polar surface area (TPSA) is 65.1 Å². The number of nitrogens with zero attached hydrogens (tertiary/aromatic N) is 1. The lowest BCUT2D eigenvalue weighted by atomic mass is 10.1. The molecule has 0 fully saturated rings. The number of esters is 1. The van der Waals surface area contributed by atoms with Crippen molar-refractivity contribution in [2.75, 3.05) is 21.3 Å². The molecule has 0 aliphatic carbocycles. The summed E-state index contributed by atoms with van der Waals surface area (Å²) in [5, 5.41) is 0. The van der Waals surface area contributed by atoms with Gasteiger partial charge in [0, 0.05) is 31.3 Å². The molecular formula is C22H25NO5. The molecule has 0 aliphatic rings. The van der Waals surface area contributed by atoms with E-state index in [1.165, 1.54) is 18.1 Å². The van der Waals surface area contributed by atoms with Gasteiger partial charge in [-0.2, -0.15) is 0 Å². The van der Waals surface area contributed by atoms with Crippen molar-refractivity contribution in [1.29, 1.82) is 0 Å². The van der Waals surface area contributed by atoms with Gasteiger partial charge in [-0.05, 0) is 30.7 Å². The Balaban J connectivity index is 1.94. The summed E-state index contributed by atoms with van der Waals surface area (Å²) < 4.78 is 15.7. The first-order chi connectivity index (χ1) is 13.4. The maximum Gasteiger partial charge on any atom is 0.331 e. The highest BCUT2D eigenvalue weighted by molar-refractivity contribution is 5.90. The van der Waals surface area contributed by atoms with Gasteiger partial charge in [0.25, 0.3) is 5.91 Å². The van der Waals surface area contributed by atoms with Gasteiger partial charge in [-0.3, -0.25) is 4.79 Å². The molecule has 1 atom stereocenters. The highest BCUT2D eigenvalue weighted by Crippen LogP contribution is 2.25. The van der Waals surface area contributed by atoms with E-state index in [1.807, 2.05) is 30.3 Å². The first-order valence-corrected chi connectivity index (χ1v) is 8.84. The van der Waals surface area contributed by atoms with Crippen LogP contribution in [-0.2, 0) is 20.9 Å². The van der Waals surface area contributed by atoms with Gasteiger partial charge in [0.2, 0.25) is 0 Å². The molecule has 0 bridgehead atoms. The van der Waals surface area contributed by atoms with Gasteiger partial charge in [-0.1, -0.05) is 30.3 Å². The molecule has 0 heterocycles. The molecule has 0 aromatic heterocycles. The van der Waals surface area contributed by atoms with E-state index in [1.54, 1.807) is 45.4 Å². The van der Waals surface area contributed by atoms with Gasteiger partial charge >= 0.3 is 5.97 Å². The van der Waals surface area contributed by atoms with Crippen LogP contribution in [0.4, 0.5) is 0 Å². The highest BCUT2D eigenvalue weighted by atomic mass is 16.5. The normalized spacial score (nSPS) is 11.7. The SMILES string of the molecule is COc1ccc(/C=C/C(=O)O[C@@H](C)C(=O)N(C)Cc2ccccc2)c(OC)c1. The smallest absolute Gasteiger partial charge is 0.331 e. The lowest BCUT2D eigenvalue weighted by molar-refractivity contribution is -0.154. The van der Waals surface area contributed by atoms with Crippen molar-refractivity contribution in [3.8, 4) is 11.5 Å². The Morgan fingerprint density at radius 2 is 1.79 bits per heavy atom. The third kappa shape index (κ3) is 5.87. The van der Waals surface area contributed by atoms with Gasteiger partial charge in [0.15, 0.2) is 6.10 Å². The van der Waals surface area contributed by atoms with Gasteiger partial charge in [-0.15, -0.1) is 0 Å². The summed E-state index contributed by atoms with van der Waals surface area (Å²) in [6.45, 7) is 2.00. The molecule has 0 saturated heterocycles. The number of likely N-dealkylation sites (N-methyl/N-ethyl adjacent to an activating group) is 1. The number of hydrogen-bond donors (Lipinski definition) is 0. The highest BCUT2D eigenvalue weighted by Gasteiger charge is 2.20. The van der Waals surface area contributed by atoms with Crippen LogP contribution in [0.5, 0.6) is 11.5 Å². The van der Waals surface area contributed by atoms with E-state index < -0.39 is 12.1 Å². The fraction of sp³-hybridized carbons (Fsp3) is 0.273. The Morgan fingerprint density at radius 1 is 1.07 bits per heavy atom. The molecule has 148 valence electrons. The van der Waals surface area contributed by atoms with E-state index in [0.29, 0.717) is 23.6 Å². The second kappa shape index (κ2) is 10.2. The molecule has 0 spiro atoms. The van der Waals surface area contributed by atoms with Gasteiger partial charge in [0.1, 0.15) is 11.5 Å². The van der Waals surface area contributed by atoms with Crippen molar-refractivity contribution < 1.29 is 23.8 Å². The van der Waals surface area contributed by atoms with Crippen molar-refractivity contribution in [1.82, 2.24) is 4.90 Å². The molecule has 6 heteroatoms. The molecule has 2 rings (SSSR count). The summed E-state index contributed by atoms with van der Waals surface area (Å²) in [6.07, 6.45) is 1.96. The van der Waals surface area contributed by atoms with E-state index in [2.05, 4.69) is 0 Å². The Hall–Kier alpha value is -3.28. The lowest BCUT2D eigenvalue weighted by Crippen LogP contribution is -2.36. The van der Waals surface area contributed by atoms with Crippen molar-refractivity contribution >= 4 is 18.0 Å². The first-order valence-electron chi connectivity index (χ1n) is 8.84. The van der Waals surface area contributed by atoms with Crippen molar-refractivity contribution in [3.63, 3.8) is 0 Å². The average molecular weight is 383 g/mol. The Labute approximate surface area is 165 Å². The van der Waals surface area contributed by atoms with E-state index in [0.717, 1.165) is 5.56 Å². The summed E-state index contributed by atoms with van der Waals surface area (Å²) in [4.78, 5) is 26.0. The van der Waals surface area contributed by atoms with Crippen LogP contribution in [0.15, 0.2) is 54.6 Å². The van der Waals surface area contributed by atoms with Gasteiger partial charge in [-0.25, -0.2) is 4.79 Å². The molecule has 1 amide bonds. The molecule has 0 aliphatic heterocycles. The minimum absolute atomic E-state index is 0.271. The number of carbonyl (C=O) groups is 2. The standard InChI is InChI=1S/C22H25NO5/c1-16(22(25)23(2)15-17-8-6-5-7-9-17)28-21(24)13-11-18-10-12-19(26-3)14-20(18)27-4/h5-14,16H,15H2,1-4H3/b13-11+/t16-/m0/s1. The Morgan fingerprint density at radius 3 is 2.43 bits per heavy atom.